The number of nitrogens with zero attached hydrogens (tertiary/aromatic N) is 1. The van der Waals surface area contributed by atoms with Gasteiger partial charge in [-0.2, -0.15) is 0 Å². The van der Waals surface area contributed by atoms with Gasteiger partial charge in [0.25, 0.3) is 10.0 Å². The molecule has 4 nitrogen and oxygen atoms in total. The summed E-state index contributed by atoms with van der Waals surface area (Å²) in [7, 11) is -3.61. The Labute approximate surface area is 163 Å². The second kappa shape index (κ2) is 7.82. The molecule has 26 heavy (non-hydrogen) atoms. The van der Waals surface area contributed by atoms with Gasteiger partial charge in [0.2, 0.25) is 0 Å². The van der Waals surface area contributed by atoms with E-state index >= 15 is 0 Å². The lowest BCUT2D eigenvalue weighted by molar-refractivity contribution is 0.589. The number of hydrogen-bond donors (Lipinski definition) is 1. The third kappa shape index (κ3) is 4.11. The Morgan fingerprint density at radius 1 is 1.15 bits per heavy atom. The summed E-state index contributed by atoms with van der Waals surface area (Å²) in [5.41, 5.74) is 1.49. The van der Waals surface area contributed by atoms with E-state index in [1.54, 1.807) is 60.4 Å². The van der Waals surface area contributed by atoms with E-state index in [0.29, 0.717) is 11.4 Å². The third-order valence-corrected chi connectivity index (χ3v) is 7.11. The van der Waals surface area contributed by atoms with Gasteiger partial charge in [-0.3, -0.25) is 0 Å². The fraction of sp³-hybridized carbons (Fsp3) is 0.211. The molecule has 0 spiro atoms. The fourth-order valence-electron chi connectivity index (χ4n) is 2.51. The van der Waals surface area contributed by atoms with Gasteiger partial charge in [-0.1, -0.05) is 56.0 Å². The van der Waals surface area contributed by atoms with Gasteiger partial charge in [0.05, 0.1) is 10.4 Å². The minimum atomic E-state index is -3.61. The molecule has 1 heterocycles. The maximum Gasteiger partial charge on any atom is 0.268 e. The first-order chi connectivity index (χ1) is 12.4. The predicted molar refractivity (Wildman–Crippen MR) is 114 cm³/mol. The maximum absolute atomic E-state index is 12.8. The summed E-state index contributed by atoms with van der Waals surface area (Å²) in [6.07, 6.45) is 1.59. The van der Waals surface area contributed by atoms with E-state index in [1.807, 2.05) is 12.1 Å². The van der Waals surface area contributed by atoms with Crippen LogP contribution in [-0.2, 0) is 10.0 Å². The smallest absolute Gasteiger partial charge is 0.268 e. The van der Waals surface area contributed by atoms with Crippen molar-refractivity contribution in [2.45, 2.75) is 18.7 Å². The number of rotatable bonds is 5. The standard InChI is InChI=1S/C19H20N2O2S3/c1-14(2)13-25-19(24)20-16-8-9-18-15(12-16)10-11-21(18)26(22,23)17-6-4-3-5-7-17/h3-12,14H,13H2,1-2H3,(H,20,24). The van der Waals surface area contributed by atoms with Crippen LogP contribution in [0.2, 0.25) is 0 Å². The molecule has 0 radical (unpaired) electrons. The molecule has 1 N–H and O–H groups in total. The molecule has 0 aliphatic carbocycles. The Kier molecular flexibility index (Phi) is 5.70. The van der Waals surface area contributed by atoms with Crippen LogP contribution in [0.25, 0.3) is 10.9 Å². The quantitative estimate of drug-likeness (QED) is 0.609. The number of hydrogen-bond acceptors (Lipinski definition) is 4. The zero-order valence-electron chi connectivity index (χ0n) is 14.5. The van der Waals surface area contributed by atoms with Crippen molar-refractivity contribution in [2.75, 3.05) is 11.1 Å². The number of thiocarbonyl (C=S) groups is 1. The van der Waals surface area contributed by atoms with E-state index in [2.05, 4.69) is 19.2 Å². The van der Waals surface area contributed by atoms with Crippen molar-refractivity contribution in [3.8, 4) is 0 Å². The Bertz CT molecular complexity index is 1030. The van der Waals surface area contributed by atoms with Crippen molar-refractivity contribution in [2.24, 2.45) is 5.92 Å². The zero-order valence-corrected chi connectivity index (χ0v) is 17.0. The summed E-state index contributed by atoms with van der Waals surface area (Å²) in [4.78, 5) is 0.269. The number of benzene rings is 2. The van der Waals surface area contributed by atoms with Crippen molar-refractivity contribution in [3.63, 3.8) is 0 Å². The molecule has 0 saturated carbocycles. The average Bonchev–Trinajstić information content (AvgIpc) is 3.04. The molecule has 1 aromatic heterocycles. The molecular formula is C19H20N2O2S3. The van der Waals surface area contributed by atoms with Crippen LogP contribution in [0.4, 0.5) is 5.69 Å². The van der Waals surface area contributed by atoms with Crippen molar-refractivity contribution in [1.82, 2.24) is 3.97 Å². The van der Waals surface area contributed by atoms with Gasteiger partial charge in [0.1, 0.15) is 4.32 Å². The first-order valence-electron chi connectivity index (χ1n) is 8.23. The normalized spacial score (nSPS) is 11.8. The summed E-state index contributed by atoms with van der Waals surface area (Å²) in [6, 6.07) is 15.8. The molecule has 3 aromatic rings. The molecule has 0 aliphatic heterocycles. The summed E-state index contributed by atoms with van der Waals surface area (Å²) < 4.78 is 27.7. The van der Waals surface area contributed by atoms with Crippen LogP contribution in [0.3, 0.4) is 0 Å². The Balaban J connectivity index is 1.87. The van der Waals surface area contributed by atoms with Crippen LogP contribution < -0.4 is 5.32 Å². The molecule has 136 valence electrons. The molecule has 0 unspecified atom stereocenters. The molecule has 0 saturated heterocycles. The Hall–Kier alpha value is -1.83. The van der Waals surface area contributed by atoms with E-state index in [1.165, 1.54) is 3.97 Å². The molecule has 2 aromatic carbocycles. The first-order valence-corrected chi connectivity index (χ1v) is 11.1. The minimum Gasteiger partial charge on any atom is -0.341 e. The highest BCUT2D eigenvalue weighted by Crippen LogP contribution is 2.25. The van der Waals surface area contributed by atoms with Gasteiger partial charge in [-0.15, -0.1) is 0 Å². The third-order valence-electron chi connectivity index (χ3n) is 3.75. The summed E-state index contributed by atoms with van der Waals surface area (Å²) in [5, 5.41) is 4.04. The van der Waals surface area contributed by atoms with Crippen LogP contribution in [0.15, 0.2) is 65.7 Å². The van der Waals surface area contributed by atoms with E-state index in [4.69, 9.17) is 12.2 Å². The number of thioether (sulfide) groups is 1. The highest BCUT2D eigenvalue weighted by atomic mass is 32.2. The second-order valence-corrected chi connectivity index (χ2v) is 9.83. The largest absolute Gasteiger partial charge is 0.341 e. The topological polar surface area (TPSA) is 51.1 Å². The second-order valence-electron chi connectivity index (χ2n) is 6.32. The lowest BCUT2D eigenvalue weighted by atomic mass is 10.2. The molecule has 0 atom stereocenters. The predicted octanol–water partition coefficient (Wildman–Crippen LogP) is 4.96. The maximum atomic E-state index is 12.8. The highest BCUT2D eigenvalue weighted by Gasteiger charge is 2.18. The number of anilines is 1. The Morgan fingerprint density at radius 3 is 2.58 bits per heavy atom. The monoisotopic (exact) mass is 404 g/mol. The van der Waals surface area contributed by atoms with E-state index < -0.39 is 10.0 Å². The molecule has 3 rings (SSSR count). The zero-order chi connectivity index (χ0) is 18.7. The van der Waals surface area contributed by atoms with E-state index in [-0.39, 0.29) is 4.90 Å². The first kappa shape index (κ1) is 18.9. The minimum absolute atomic E-state index is 0.269. The molecular weight excluding hydrogens is 384 g/mol. The molecule has 0 aliphatic rings. The van der Waals surface area contributed by atoms with Gasteiger partial charge in [-0.25, -0.2) is 12.4 Å². The van der Waals surface area contributed by atoms with Gasteiger partial charge >= 0.3 is 0 Å². The highest BCUT2D eigenvalue weighted by molar-refractivity contribution is 8.23. The lowest BCUT2D eigenvalue weighted by Gasteiger charge is -2.10. The number of nitrogens with one attached hydrogen (secondary N) is 1. The molecule has 0 amide bonds. The average molecular weight is 405 g/mol. The summed E-state index contributed by atoms with van der Waals surface area (Å²) in [6.45, 7) is 4.30. The number of aromatic nitrogens is 1. The molecule has 7 heteroatoms. The van der Waals surface area contributed by atoms with Crippen molar-refractivity contribution in [3.05, 3.63) is 60.8 Å². The van der Waals surface area contributed by atoms with E-state index in [0.717, 1.165) is 21.1 Å². The van der Waals surface area contributed by atoms with Crippen LogP contribution in [0.5, 0.6) is 0 Å². The van der Waals surface area contributed by atoms with Crippen LogP contribution in [0, 0.1) is 5.92 Å². The van der Waals surface area contributed by atoms with E-state index in [9.17, 15) is 8.42 Å². The summed E-state index contributed by atoms with van der Waals surface area (Å²) >= 11 is 6.97. The van der Waals surface area contributed by atoms with Crippen LogP contribution in [-0.4, -0.2) is 22.5 Å². The summed E-state index contributed by atoms with van der Waals surface area (Å²) in [5.74, 6) is 1.53. The van der Waals surface area contributed by atoms with Crippen molar-refractivity contribution < 1.29 is 8.42 Å². The molecule has 0 bridgehead atoms. The lowest BCUT2D eigenvalue weighted by Crippen LogP contribution is -2.11. The Morgan fingerprint density at radius 2 is 1.88 bits per heavy atom. The fourth-order valence-corrected chi connectivity index (χ4v) is 4.88. The van der Waals surface area contributed by atoms with Gasteiger partial charge in [0, 0.05) is 23.0 Å². The van der Waals surface area contributed by atoms with Crippen molar-refractivity contribution in [1.29, 1.82) is 0 Å². The SMILES string of the molecule is CC(C)CSC(=S)Nc1ccc2c(ccn2S(=O)(=O)c2ccccc2)c1. The van der Waals surface area contributed by atoms with Crippen LogP contribution in [0.1, 0.15) is 13.8 Å². The van der Waals surface area contributed by atoms with Gasteiger partial charge in [-0.05, 0) is 42.3 Å². The van der Waals surface area contributed by atoms with Crippen molar-refractivity contribution >= 4 is 54.9 Å². The number of fused-ring (bicyclic) bond motifs is 1. The van der Waals surface area contributed by atoms with Gasteiger partial charge < -0.3 is 5.32 Å². The van der Waals surface area contributed by atoms with Crippen LogP contribution >= 0.6 is 24.0 Å². The van der Waals surface area contributed by atoms with Gasteiger partial charge in [0.15, 0.2) is 0 Å². The molecule has 0 fully saturated rings.